The maximum absolute atomic E-state index is 13.5. The van der Waals surface area contributed by atoms with Gasteiger partial charge in [-0.05, 0) is 36.8 Å². The third-order valence-corrected chi connectivity index (χ3v) is 2.44. The highest BCUT2D eigenvalue weighted by Crippen LogP contribution is 2.25. The second-order valence-corrected chi connectivity index (χ2v) is 3.73. The number of pyridine rings is 1. The molecule has 88 valence electrons. The highest BCUT2D eigenvalue weighted by atomic mass is 19.1. The van der Waals surface area contributed by atoms with Crippen molar-refractivity contribution in [3.05, 3.63) is 54.1 Å². The minimum Gasteiger partial charge on any atom is -0.483 e. The van der Waals surface area contributed by atoms with Crippen LogP contribution >= 0.6 is 0 Å². The number of nitrogen functional groups attached to an aromatic ring is 1. The fraction of sp³-hybridized carbons (Fsp3) is 0.154. The molecular formula is C13H13FN2O. The van der Waals surface area contributed by atoms with Crippen LogP contribution < -0.4 is 10.5 Å². The fourth-order valence-electron chi connectivity index (χ4n) is 1.51. The van der Waals surface area contributed by atoms with Crippen molar-refractivity contribution in [1.29, 1.82) is 0 Å². The summed E-state index contributed by atoms with van der Waals surface area (Å²) in [6, 6.07) is 8.05. The molecule has 1 aromatic carbocycles. The van der Waals surface area contributed by atoms with Gasteiger partial charge in [0.15, 0.2) is 11.6 Å². The lowest BCUT2D eigenvalue weighted by Crippen LogP contribution is -2.04. The molecule has 0 aliphatic carbocycles. The molecule has 1 aromatic heterocycles. The van der Waals surface area contributed by atoms with E-state index in [1.807, 2.05) is 19.1 Å². The molecule has 3 nitrogen and oxygen atoms in total. The molecule has 0 saturated carbocycles. The van der Waals surface area contributed by atoms with Crippen molar-refractivity contribution in [3.8, 4) is 5.75 Å². The van der Waals surface area contributed by atoms with Crippen LogP contribution in [0.25, 0.3) is 0 Å². The number of rotatable bonds is 3. The number of ether oxygens (including phenoxy) is 1. The second-order valence-electron chi connectivity index (χ2n) is 3.73. The fourth-order valence-corrected chi connectivity index (χ4v) is 1.51. The lowest BCUT2D eigenvalue weighted by molar-refractivity contribution is 0.216. The summed E-state index contributed by atoms with van der Waals surface area (Å²) in [5.74, 6) is -0.255. The van der Waals surface area contributed by atoms with E-state index < -0.39 is 5.82 Å². The number of halogens is 1. The largest absolute Gasteiger partial charge is 0.483 e. The highest BCUT2D eigenvalue weighted by molar-refractivity contribution is 5.43. The molecule has 0 amide bonds. The number of nitrogens with zero attached hydrogens (tertiary/aromatic N) is 1. The number of hydrogen-bond acceptors (Lipinski definition) is 3. The molecule has 0 aliphatic heterocycles. The van der Waals surface area contributed by atoms with E-state index in [9.17, 15) is 4.39 Å². The van der Waals surface area contributed by atoms with Crippen LogP contribution in [0.1, 0.15) is 18.6 Å². The first-order chi connectivity index (χ1) is 8.16. The van der Waals surface area contributed by atoms with Gasteiger partial charge in [0, 0.05) is 24.1 Å². The lowest BCUT2D eigenvalue weighted by Gasteiger charge is -2.15. The highest BCUT2D eigenvalue weighted by Gasteiger charge is 2.10. The first-order valence-electron chi connectivity index (χ1n) is 5.28. The third-order valence-electron chi connectivity index (χ3n) is 2.44. The third kappa shape index (κ3) is 2.72. The van der Waals surface area contributed by atoms with E-state index in [0.717, 1.165) is 5.56 Å². The van der Waals surface area contributed by atoms with Crippen molar-refractivity contribution in [1.82, 2.24) is 4.98 Å². The Labute approximate surface area is 99.1 Å². The standard InChI is InChI=1S/C13H13FN2O/c1-9(10-4-6-16-7-5-10)17-13-3-2-11(15)8-12(13)14/h2-9H,15H2,1H3. The Balaban J connectivity index is 2.16. The molecule has 1 heterocycles. The SMILES string of the molecule is CC(Oc1ccc(N)cc1F)c1ccncc1. The summed E-state index contributed by atoms with van der Waals surface area (Å²) in [4.78, 5) is 3.92. The van der Waals surface area contributed by atoms with Crippen LogP contribution in [0.15, 0.2) is 42.7 Å². The minimum absolute atomic E-state index is 0.198. The van der Waals surface area contributed by atoms with Gasteiger partial charge in [0.05, 0.1) is 0 Å². The normalized spacial score (nSPS) is 12.1. The van der Waals surface area contributed by atoms with Gasteiger partial charge >= 0.3 is 0 Å². The zero-order valence-corrected chi connectivity index (χ0v) is 9.43. The maximum Gasteiger partial charge on any atom is 0.167 e. The number of aromatic nitrogens is 1. The zero-order valence-electron chi connectivity index (χ0n) is 9.43. The van der Waals surface area contributed by atoms with Gasteiger partial charge in [-0.2, -0.15) is 0 Å². The van der Waals surface area contributed by atoms with Gasteiger partial charge in [0.2, 0.25) is 0 Å². The summed E-state index contributed by atoms with van der Waals surface area (Å²) in [5, 5.41) is 0. The molecule has 0 bridgehead atoms. The molecule has 2 N–H and O–H groups in total. The molecule has 4 heteroatoms. The van der Waals surface area contributed by atoms with Crippen molar-refractivity contribution in [3.63, 3.8) is 0 Å². The van der Waals surface area contributed by atoms with Crippen LogP contribution in [0.2, 0.25) is 0 Å². The van der Waals surface area contributed by atoms with Gasteiger partial charge in [-0.1, -0.05) is 0 Å². The van der Waals surface area contributed by atoms with Crippen LogP contribution in [0.3, 0.4) is 0 Å². The van der Waals surface area contributed by atoms with Crippen molar-refractivity contribution in [2.24, 2.45) is 0 Å². The summed E-state index contributed by atoms with van der Waals surface area (Å²) in [6.07, 6.45) is 3.11. The Morgan fingerprint density at radius 3 is 2.59 bits per heavy atom. The molecule has 17 heavy (non-hydrogen) atoms. The van der Waals surface area contributed by atoms with Crippen LogP contribution in [-0.4, -0.2) is 4.98 Å². The molecule has 0 aliphatic rings. The molecule has 0 saturated heterocycles. The summed E-state index contributed by atoms with van der Waals surface area (Å²) < 4.78 is 19.0. The van der Waals surface area contributed by atoms with Crippen LogP contribution in [0.5, 0.6) is 5.75 Å². The van der Waals surface area contributed by atoms with E-state index in [4.69, 9.17) is 10.5 Å². The molecule has 1 unspecified atom stereocenters. The molecule has 2 aromatic rings. The van der Waals surface area contributed by atoms with Crippen molar-refractivity contribution < 1.29 is 9.13 Å². The van der Waals surface area contributed by atoms with Crippen LogP contribution in [0, 0.1) is 5.82 Å². The number of nitrogens with two attached hydrogens (primary N) is 1. The van der Waals surface area contributed by atoms with E-state index in [1.54, 1.807) is 18.5 Å². The van der Waals surface area contributed by atoms with Crippen molar-refractivity contribution in [2.75, 3.05) is 5.73 Å². The van der Waals surface area contributed by atoms with Gasteiger partial charge in [-0.3, -0.25) is 4.98 Å². The average Bonchev–Trinajstić information content (AvgIpc) is 2.34. The van der Waals surface area contributed by atoms with Crippen LogP contribution in [-0.2, 0) is 0 Å². The molecule has 0 fully saturated rings. The summed E-state index contributed by atoms with van der Waals surface area (Å²) in [6.45, 7) is 1.85. The Morgan fingerprint density at radius 2 is 1.94 bits per heavy atom. The quantitative estimate of drug-likeness (QED) is 0.828. The van der Waals surface area contributed by atoms with Gasteiger partial charge in [0.25, 0.3) is 0 Å². The Hall–Kier alpha value is -2.10. The predicted molar refractivity (Wildman–Crippen MR) is 64.1 cm³/mol. The maximum atomic E-state index is 13.5. The minimum atomic E-state index is -0.453. The van der Waals surface area contributed by atoms with Gasteiger partial charge in [-0.15, -0.1) is 0 Å². The lowest BCUT2D eigenvalue weighted by atomic mass is 10.2. The van der Waals surface area contributed by atoms with E-state index >= 15 is 0 Å². The van der Waals surface area contributed by atoms with Crippen molar-refractivity contribution in [2.45, 2.75) is 13.0 Å². The molecular weight excluding hydrogens is 219 g/mol. The molecule has 0 spiro atoms. The first kappa shape index (κ1) is 11.4. The van der Waals surface area contributed by atoms with E-state index in [-0.39, 0.29) is 11.9 Å². The van der Waals surface area contributed by atoms with E-state index in [1.165, 1.54) is 12.1 Å². The second kappa shape index (κ2) is 4.82. The first-order valence-corrected chi connectivity index (χ1v) is 5.28. The number of benzene rings is 1. The predicted octanol–water partition coefficient (Wildman–Crippen LogP) is 2.94. The Bertz CT molecular complexity index is 502. The van der Waals surface area contributed by atoms with E-state index in [2.05, 4.69) is 4.98 Å². The molecule has 1 atom stereocenters. The number of hydrogen-bond donors (Lipinski definition) is 1. The van der Waals surface area contributed by atoms with E-state index in [0.29, 0.717) is 5.69 Å². The van der Waals surface area contributed by atoms with Gasteiger partial charge in [-0.25, -0.2) is 4.39 Å². The topological polar surface area (TPSA) is 48.1 Å². The molecule has 0 radical (unpaired) electrons. The Morgan fingerprint density at radius 1 is 1.24 bits per heavy atom. The molecule has 2 rings (SSSR count). The monoisotopic (exact) mass is 232 g/mol. The summed E-state index contributed by atoms with van der Waals surface area (Å²) >= 11 is 0. The number of anilines is 1. The van der Waals surface area contributed by atoms with Crippen LogP contribution in [0.4, 0.5) is 10.1 Å². The summed E-state index contributed by atoms with van der Waals surface area (Å²) in [5.41, 5.74) is 6.79. The smallest absolute Gasteiger partial charge is 0.167 e. The van der Waals surface area contributed by atoms with Gasteiger partial charge in [0.1, 0.15) is 6.10 Å². The van der Waals surface area contributed by atoms with Crippen molar-refractivity contribution >= 4 is 5.69 Å². The summed E-state index contributed by atoms with van der Waals surface area (Å²) in [7, 11) is 0. The average molecular weight is 232 g/mol. The zero-order chi connectivity index (χ0) is 12.3. The Kier molecular flexibility index (Phi) is 3.23. The van der Waals surface area contributed by atoms with Gasteiger partial charge < -0.3 is 10.5 Å².